The molecule has 2 aliphatic rings. The molecule has 2 aliphatic carbocycles. The number of carbonyl (C=O) groups excluding carboxylic acids is 1. The van der Waals surface area contributed by atoms with Crippen LogP contribution >= 0.6 is 0 Å². The van der Waals surface area contributed by atoms with Crippen LogP contribution in [0, 0.1) is 17.8 Å². The van der Waals surface area contributed by atoms with Crippen LogP contribution in [0.1, 0.15) is 51.9 Å². The van der Waals surface area contributed by atoms with Crippen molar-refractivity contribution >= 4 is 5.91 Å². The molecule has 18 heavy (non-hydrogen) atoms. The minimum atomic E-state index is 0.166. The van der Waals surface area contributed by atoms with E-state index in [1.54, 1.807) is 0 Å². The third-order valence-electron chi connectivity index (χ3n) is 4.44. The number of amides is 1. The Bertz CT molecular complexity index is 255. The first-order valence-corrected chi connectivity index (χ1v) is 7.71. The Morgan fingerprint density at radius 2 is 1.72 bits per heavy atom. The highest BCUT2D eigenvalue weighted by Gasteiger charge is 2.21. The zero-order chi connectivity index (χ0) is 12.8. The summed E-state index contributed by atoms with van der Waals surface area (Å²) in [4.78, 5) is 11.5. The van der Waals surface area contributed by atoms with E-state index in [1.807, 2.05) is 0 Å². The fraction of sp³-hybridized carbons (Fsp3) is 0.933. The Kier molecular flexibility index (Phi) is 5.48. The van der Waals surface area contributed by atoms with Crippen LogP contribution in [0.25, 0.3) is 0 Å². The lowest BCUT2D eigenvalue weighted by molar-refractivity contribution is -0.120. The molecule has 0 unspecified atom stereocenters. The molecule has 1 amide bonds. The van der Waals surface area contributed by atoms with E-state index >= 15 is 0 Å². The first-order valence-electron chi connectivity index (χ1n) is 7.71. The molecule has 0 aromatic rings. The van der Waals surface area contributed by atoms with Crippen molar-refractivity contribution in [3.05, 3.63) is 0 Å². The van der Waals surface area contributed by atoms with Crippen molar-refractivity contribution in [3.63, 3.8) is 0 Å². The van der Waals surface area contributed by atoms with Crippen LogP contribution in [-0.4, -0.2) is 25.5 Å². The molecule has 0 aromatic carbocycles. The first-order chi connectivity index (χ1) is 8.74. The molecule has 0 aromatic heterocycles. The fourth-order valence-corrected chi connectivity index (χ4v) is 2.77. The molecule has 0 heterocycles. The van der Waals surface area contributed by atoms with Crippen molar-refractivity contribution < 1.29 is 4.79 Å². The highest BCUT2D eigenvalue weighted by atomic mass is 16.1. The van der Waals surface area contributed by atoms with Crippen LogP contribution in [0.3, 0.4) is 0 Å². The summed E-state index contributed by atoms with van der Waals surface area (Å²) < 4.78 is 0. The molecule has 2 saturated carbocycles. The number of rotatable bonds is 7. The van der Waals surface area contributed by atoms with Gasteiger partial charge in [-0.3, -0.25) is 4.79 Å². The summed E-state index contributed by atoms with van der Waals surface area (Å²) in [5.74, 6) is 2.77. The number of carbonyl (C=O) groups is 1. The normalized spacial score (nSPS) is 28.1. The molecule has 0 spiro atoms. The standard InChI is InChI=1S/C15H28N2O/c1-12-2-4-13(5-3-12)8-9-16-11-15(18)17-10-14-6-7-14/h12-14,16H,2-11H2,1H3,(H,17,18). The lowest BCUT2D eigenvalue weighted by Crippen LogP contribution is -2.35. The molecule has 0 radical (unpaired) electrons. The minimum absolute atomic E-state index is 0.166. The second-order valence-electron chi connectivity index (χ2n) is 6.34. The Labute approximate surface area is 111 Å². The van der Waals surface area contributed by atoms with Gasteiger partial charge in [-0.05, 0) is 43.6 Å². The van der Waals surface area contributed by atoms with Gasteiger partial charge in [-0.25, -0.2) is 0 Å². The van der Waals surface area contributed by atoms with E-state index in [9.17, 15) is 4.79 Å². The van der Waals surface area contributed by atoms with E-state index in [0.29, 0.717) is 6.54 Å². The highest BCUT2D eigenvalue weighted by molar-refractivity contribution is 5.77. The number of hydrogen-bond acceptors (Lipinski definition) is 2. The Balaban J connectivity index is 1.43. The van der Waals surface area contributed by atoms with Gasteiger partial charge >= 0.3 is 0 Å². The smallest absolute Gasteiger partial charge is 0.233 e. The third kappa shape index (κ3) is 5.38. The van der Waals surface area contributed by atoms with Crippen LogP contribution in [0.2, 0.25) is 0 Å². The average Bonchev–Trinajstić information content (AvgIpc) is 3.18. The maximum absolute atomic E-state index is 11.5. The molecule has 0 bridgehead atoms. The Morgan fingerprint density at radius 3 is 2.39 bits per heavy atom. The summed E-state index contributed by atoms with van der Waals surface area (Å²) in [7, 11) is 0. The average molecular weight is 252 g/mol. The molecular weight excluding hydrogens is 224 g/mol. The second kappa shape index (κ2) is 7.13. The number of hydrogen-bond donors (Lipinski definition) is 2. The van der Waals surface area contributed by atoms with Gasteiger partial charge in [-0.15, -0.1) is 0 Å². The van der Waals surface area contributed by atoms with E-state index in [4.69, 9.17) is 0 Å². The van der Waals surface area contributed by atoms with Gasteiger partial charge in [0.15, 0.2) is 0 Å². The van der Waals surface area contributed by atoms with E-state index < -0.39 is 0 Å². The zero-order valence-electron chi connectivity index (χ0n) is 11.7. The van der Waals surface area contributed by atoms with Crippen molar-refractivity contribution in [2.45, 2.75) is 51.9 Å². The van der Waals surface area contributed by atoms with Gasteiger partial charge < -0.3 is 10.6 Å². The van der Waals surface area contributed by atoms with Crippen molar-refractivity contribution in [2.75, 3.05) is 19.6 Å². The van der Waals surface area contributed by atoms with Crippen LogP contribution in [0.4, 0.5) is 0 Å². The lowest BCUT2D eigenvalue weighted by atomic mass is 9.81. The van der Waals surface area contributed by atoms with Gasteiger partial charge in [-0.1, -0.05) is 32.6 Å². The molecular formula is C15H28N2O. The highest BCUT2D eigenvalue weighted by Crippen LogP contribution is 2.30. The van der Waals surface area contributed by atoms with Crippen molar-refractivity contribution in [2.24, 2.45) is 17.8 Å². The van der Waals surface area contributed by atoms with Gasteiger partial charge in [0.1, 0.15) is 0 Å². The first kappa shape index (κ1) is 13.9. The molecule has 2 fully saturated rings. The lowest BCUT2D eigenvalue weighted by Gasteiger charge is -2.26. The van der Waals surface area contributed by atoms with Crippen molar-refractivity contribution in [3.8, 4) is 0 Å². The summed E-state index contributed by atoms with van der Waals surface area (Å²) >= 11 is 0. The molecule has 0 saturated heterocycles. The maximum atomic E-state index is 11.5. The van der Waals surface area contributed by atoms with Gasteiger partial charge in [0, 0.05) is 6.54 Å². The maximum Gasteiger partial charge on any atom is 0.233 e. The van der Waals surface area contributed by atoms with E-state index in [1.165, 1.54) is 44.9 Å². The molecule has 3 heteroatoms. The van der Waals surface area contributed by atoms with Crippen LogP contribution in [-0.2, 0) is 4.79 Å². The summed E-state index contributed by atoms with van der Waals surface area (Å²) in [6.07, 6.45) is 9.40. The minimum Gasteiger partial charge on any atom is -0.355 e. The van der Waals surface area contributed by atoms with Gasteiger partial charge in [0.2, 0.25) is 5.91 Å². The Hall–Kier alpha value is -0.570. The van der Waals surface area contributed by atoms with Crippen LogP contribution in [0.15, 0.2) is 0 Å². The van der Waals surface area contributed by atoms with E-state index in [0.717, 1.165) is 30.8 Å². The SMILES string of the molecule is CC1CCC(CCNCC(=O)NCC2CC2)CC1. The monoisotopic (exact) mass is 252 g/mol. The molecule has 0 atom stereocenters. The van der Waals surface area contributed by atoms with Gasteiger partial charge in [0.25, 0.3) is 0 Å². The van der Waals surface area contributed by atoms with E-state index in [-0.39, 0.29) is 5.91 Å². The van der Waals surface area contributed by atoms with Gasteiger partial charge in [-0.2, -0.15) is 0 Å². The van der Waals surface area contributed by atoms with E-state index in [2.05, 4.69) is 17.6 Å². The number of nitrogens with one attached hydrogen (secondary N) is 2. The molecule has 0 aliphatic heterocycles. The summed E-state index contributed by atoms with van der Waals surface area (Å²) in [5, 5.41) is 6.26. The molecule has 104 valence electrons. The molecule has 3 nitrogen and oxygen atoms in total. The fourth-order valence-electron chi connectivity index (χ4n) is 2.77. The van der Waals surface area contributed by atoms with Crippen molar-refractivity contribution in [1.82, 2.24) is 10.6 Å². The second-order valence-corrected chi connectivity index (χ2v) is 6.34. The van der Waals surface area contributed by atoms with Crippen LogP contribution < -0.4 is 10.6 Å². The van der Waals surface area contributed by atoms with Crippen LogP contribution in [0.5, 0.6) is 0 Å². The predicted octanol–water partition coefficient (Wildman–Crippen LogP) is 2.32. The Morgan fingerprint density at radius 1 is 1.06 bits per heavy atom. The molecule has 2 N–H and O–H groups in total. The predicted molar refractivity (Wildman–Crippen MR) is 74.3 cm³/mol. The summed E-state index contributed by atoms with van der Waals surface area (Å²) in [6.45, 7) is 4.74. The summed E-state index contributed by atoms with van der Waals surface area (Å²) in [5.41, 5.74) is 0. The third-order valence-corrected chi connectivity index (χ3v) is 4.44. The van der Waals surface area contributed by atoms with Gasteiger partial charge in [0.05, 0.1) is 6.54 Å². The summed E-state index contributed by atoms with van der Waals surface area (Å²) in [6, 6.07) is 0. The quantitative estimate of drug-likeness (QED) is 0.683. The van der Waals surface area contributed by atoms with Crippen molar-refractivity contribution in [1.29, 1.82) is 0 Å². The topological polar surface area (TPSA) is 41.1 Å². The largest absolute Gasteiger partial charge is 0.355 e. The molecule has 2 rings (SSSR count). The zero-order valence-corrected chi connectivity index (χ0v) is 11.7.